The Hall–Kier alpha value is -1.95. The predicted octanol–water partition coefficient (Wildman–Crippen LogP) is 1.19. The van der Waals surface area contributed by atoms with Gasteiger partial charge in [-0.3, -0.25) is 10.1 Å². The number of nitrogens with one attached hydrogen (secondary N) is 3. The Kier molecular flexibility index (Phi) is 5.68. The molecular weight excluding hydrogens is 273 g/mol. The highest BCUT2D eigenvalue weighted by atomic mass is 19.1. The van der Waals surface area contributed by atoms with Crippen LogP contribution in [0.1, 0.15) is 18.4 Å². The molecule has 5 nitrogen and oxygen atoms in total. The lowest BCUT2D eigenvalue weighted by Gasteiger charge is -2.21. The van der Waals surface area contributed by atoms with Gasteiger partial charge in [-0.25, -0.2) is 9.18 Å². The highest BCUT2D eigenvalue weighted by Gasteiger charge is 2.22. The number of carbonyl (C=O) groups excluding carboxylic acids is 2. The molecule has 0 bridgehead atoms. The zero-order valence-electron chi connectivity index (χ0n) is 11.8. The van der Waals surface area contributed by atoms with Crippen molar-refractivity contribution >= 4 is 11.9 Å². The van der Waals surface area contributed by atoms with Gasteiger partial charge in [0.2, 0.25) is 5.91 Å². The van der Waals surface area contributed by atoms with E-state index in [9.17, 15) is 14.0 Å². The van der Waals surface area contributed by atoms with E-state index in [-0.39, 0.29) is 17.6 Å². The van der Waals surface area contributed by atoms with Crippen molar-refractivity contribution in [3.05, 3.63) is 35.6 Å². The van der Waals surface area contributed by atoms with Crippen LogP contribution in [0.5, 0.6) is 0 Å². The molecule has 114 valence electrons. The number of piperidine rings is 1. The van der Waals surface area contributed by atoms with Gasteiger partial charge in [-0.05, 0) is 50.0 Å². The van der Waals surface area contributed by atoms with Crippen LogP contribution >= 0.6 is 0 Å². The van der Waals surface area contributed by atoms with Crippen LogP contribution in [0.25, 0.3) is 0 Å². The fraction of sp³-hybridized carbons (Fsp3) is 0.467. The molecule has 0 saturated carbocycles. The van der Waals surface area contributed by atoms with Gasteiger partial charge in [0, 0.05) is 12.5 Å². The van der Waals surface area contributed by atoms with E-state index in [1.807, 2.05) is 0 Å². The average Bonchev–Trinajstić information content (AvgIpc) is 2.48. The van der Waals surface area contributed by atoms with Gasteiger partial charge in [0.15, 0.2) is 0 Å². The number of benzene rings is 1. The maximum absolute atomic E-state index is 13.0. The molecule has 1 aliphatic heterocycles. The molecule has 1 aromatic rings. The maximum Gasteiger partial charge on any atom is 0.321 e. The molecule has 0 atom stereocenters. The molecule has 3 amide bonds. The summed E-state index contributed by atoms with van der Waals surface area (Å²) in [6.07, 6.45) is 2.03. The minimum Gasteiger partial charge on any atom is -0.337 e. The van der Waals surface area contributed by atoms with E-state index in [1.165, 1.54) is 12.1 Å². The zero-order valence-corrected chi connectivity index (χ0v) is 11.8. The first-order valence-corrected chi connectivity index (χ1v) is 7.19. The molecule has 0 spiro atoms. The molecular formula is C15H20FN3O2. The number of amides is 3. The van der Waals surface area contributed by atoms with Gasteiger partial charge in [0.25, 0.3) is 0 Å². The smallest absolute Gasteiger partial charge is 0.321 e. The highest BCUT2D eigenvalue weighted by molar-refractivity contribution is 5.95. The third kappa shape index (κ3) is 5.15. The predicted molar refractivity (Wildman–Crippen MR) is 77.2 cm³/mol. The second-order valence-electron chi connectivity index (χ2n) is 5.15. The Balaban J connectivity index is 1.68. The molecule has 1 aliphatic rings. The Morgan fingerprint density at radius 1 is 1.29 bits per heavy atom. The summed E-state index contributed by atoms with van der Waals surface area (Å²) < 4.78 is 13.0. The summed E-state index contributed by atoms with van der Waals surface area (Å²) >= 11 is 0. The molecule has 1 saturated heterocycles. The van der Waals surface area contributed by atoms with Gasteiger partial charge < -0.3 is 10.6 Å². The summed E-state index contributed by atoms with van der Waals surface area (Å²) in [7, 11) is 0. The molecule has 1 fully saturated rings. The van der Waals surface area contributed by atoms with Gasteiger partial charge in [0.05, 0.1) is 0 Å². The number of carbonyl (C=O) groups is 2. The third-order valence-corrected chi connectivity index (χ3v) is 3.53. The lowest BCUT2D eigenvalue weighted by molar-refractivity contribution is -0.124. The van der Waals surface area contributed by atoms with Crippen LogP contribution in [0, 0.1) is 11.7 Å². The first kappa shape index (κ1) is 15.4. The van der Waals surface area contributed by atoms with Crippen molar-refractivity contribution in [2.75, 3.05) is 19.6 Å². The van der Waals surface area contributed by atoms with E-state index in [1.54, 1.807) is 12.1 Å². The molecule has 0 unspecified atom stereocenters. The number of rotatable bonds is 4. The molecule has 0 radical (unpaired) electrons. The standard InChI is InChI=1S/C15H20FN3O2/c16-13-3-1-2-11(10-13)4-9-18-15(21)19-14(20)12-5-7-17-8-6-12/h1-3,10,12,17H,4-9H2,(H2,18,19,20,21). The normalized spacial score (nSPS) is 15.5. The third-order valence-electron chi connectivity index (χ3n) is 3.53. The zero-order chi connectivity index (χ0) is 15.1. The molecule has 3 N–H and O–H groups in total. The van der Waals surface area contributed by atoms with Crippen LogP contribution < -0.4 is 16.0 Å². The van der Waals surface area contributed by atoms with Crippen molar-refractivity contribution in [1.29, 1.82) is 0 Å². The average molecular weight is 293 g/mol. The summed E-state index contributed by atoms with van der Waals surface area (Å²) in [6, 6.07) is 5.74. The topological polar surface area (TPSA) is 70.2 Å². The van der Waals surface area contributed by atoms with Crippen LogP contribution in [0.4, 0.5) is 9.18 Å². The van der Waals surface area contributed by atoms with Crippen molar-refractivity contribution in [2.45, 2.75) is 19.3 Å². The van der Waals surface area contributed by atoms with Gasteiger partial charge >= 0.3 is 6.03 Å². The Morgan fingerprint density at radius 3 is 2.76 bits per heavy atom. The van der Waals surface area contributed by atoms with Crippen molar-refractivity contribution in [3.63, 3.8) is 0 Å². The highest BCUT2D eigenvalue weighted by Crippen LogP contribution is 2.11. The van der Waals surface area contributed by atoms with Gasteiger partial charge in [0.1, 0.15) is 5.82 Å². The summed E-state index contributed by atoms with van der Waals surface area (Å²) in [6.45, 7) is 1.97. The Morgan fingerprint density at radius 2 is 2.05 bits per heavy atom. The SMILES string of the molecule is O=C(NCCc1cccc(F)c1)NC(=O)C1CCNCC1. The van der Waals surface area contributed by atoms with Crippen molar-refractivity contribution in [3.8, 4) is 0 Å². The Labute approximate surface area is 123 Å². The molecule has 2 rings (SSSR count). The monoisotopic (exact) mass is 293 g/mol. The number of urea groups is 1. The van der Waals surface area contributed by atoms with Crippen LogP contribution in [0.15, 0.2) is 24.3 Å². The van der Waals surface area contributed by atoms with E-state index >= 15 is 0 Å². The fourth-order valence-corrected chi connectivity index (χ4v) is 2.36. The van der Waals surface area contributed by atoms with Crippen molar-refractivity contribution < 1.29 is 14.0 Å². The summed E-state index contributed by atoms with van der Waals surface area (Å²) in [5.41, 5.74) is 0.806. The lowest BCUT2D eigenvalue weighted by Crippen LogP contribution is -2.45. The molecule has 1 aromatic carbocycles. The minimum absolute atomic E-state index is 0.0970. The number of imide groups is 1. The summed E-state index contributed by atoms with van der Waals surface area (Å²) in [5.74, 6) is -0.613. The minimum atomic E-state index is -0.491. The van der Waals surface area contributed by atoms with E-state index in [4.69, 9.17) is 0 Å². The van der Waals surface area contributed by atoms with Crippen molar-refractivity contribution in [2.24, 2.45) is 5.92 Å². The number of hydrogen-bond acceptors (Lipinski definition) is 3. The lowest BCUT2D eigenvalue weighted by atomic mass is 9.97. The van der Waals surface area contributed by atoms with Crippen LogP contribution in [0.2, 0.25) is 0 Å². The summed E-state index contributed by atoms with van der Waals surface area (Å²) in [5, 5.41) is 8.14. The van der Waals surface area contributed by atoms with Crippen LogP contribution in [-0.4, -0.2) is 31.6 Å². The second kappa shape index (κ2) is 7.73. The van der Waals surface area contributed by atoms with E-state index in [0.29, 0.717) is 13.0 Å². The molecule has 1 heterocycles. The second-order valence-corrected chi connectivity index (χ2v) is 5.15. The van der Waals surface area contributed by atoms with Crippen LogP contribution in [0.3, 0.4) is 0 Å². The van der Waals surface area contributed by atoms with Gasteiger partial charge in [-0.15, -0.1) is 0 Å². The first-order valence-electron chi connectivity index (χ1n) is 7.19. The fourth-order valence-electron chi connectivity index (χ4n) is 2.36. The largest absolute Gasteiger partial charge is 0.337 e. The van der Waals surface area contributed by atoms with E-state index < -0.39 is 6.03 Å². The van der Waals surface area contributed by atoms with Crippen LogP contribution in [-0.2, 0) is 11.2 Å². The molecule has 0 aromatic heterocycles. The number of hydrogen-bond donors (Lipinski definition) is 3. The summed E-state index contributed by atoms with van der Waals surface area (Å²) in [4.78, 5) is 23.5. The molecule has 0 aliphatic carbocycles. The maximum atomic E-state index is 13.0. The van der Waals surface area contributed by atoms with Gasteiger partial charge in [-0.1, -0.05) is 12.1 Å². The number of halogens is 1. The molecule has 6 heteroatoms. The van der Waals surface area contributed by atoms with Crippen molar-refractivity contribution in [1.82, 2.24) is 16.0 Å². The Bertz CT molecular complexity index is 501. The van der Waals surface area contributed by atoms with E-state index in [0.717, 1.165) is 31.5 Å². The quantitative estimate of drug-likeness (QED) is 0.781. The molecule has 21 heavy (non-hydrogen) atoms. The first-order chi connectivity index (χ1) is 10.1. The van der Waals surface area contributed by atoms with E-state index in [2.05, 4.69) is 16.0 Å². The van der Waals surface area contributed by atoms with Gasteiger partial charge in [-0.2, -0.15) is 0 Å².